The topological polar surface area (TPSA) is 103 Å². The van der Waals surface area contributed by atoms with Gasteiger partial charge in [0, 0.05) is 10.6 Å². The van der Waals surface area contributed by atoms with Crippen LogP contribution in [-0.4, -0.2) is 17.8 Å². The molecular formula is C21H12ClN2O5-. The Morgan fingerprint density at radius 3 is 2.55 bits per heavy atom. The van der Waals surface area contributed by atoms with Crippen molar-refractivity contribution in [2.24, 2.45) is 0 Å². The third-order valence-electron chi connectivity index (χ3n) is 4.27. The molecule has 8 heteroatoms. The summed E-state index contributed by atoms with van der Waals surface area (Å²) < 4.78 is 5.66. The summed E-state index contributed by atoms with van der Waals surface area (Å²) >= 11 is 5.85. The lowest BCUT2D eigenvalue weighted by Gasteiger charge is -2.14. The van der Waals surface area contributed by atoms with Crippen LogP contribution in [0.5, 0.6) is 0 Å². The van der Waals surface area contributed by atoms with Crippen molar-refractivity contribution in [3.05, 3.63) is 82.6 Å². The fourth-order valence-electron chi connectivity index (χ4n) is 2.86. The quantitative estimate of drug-likeness (QED) is 0.528. The highest BCUT2D eigenvalue weighted by atomic mass is 35.5. The molecule has 0 unspecified atom stereocenters. The second-order valence-corrected chi connectivity index (χ2v) is 6.62. The number of nitrogens with one attached hydrogen (secondary N) is 1. The van der Waals surface area contributed by atoms with Crippen LogP contribution in [0.2, 0.25) is 5.02 Å². The molecule has 0 saturated carbocycles. The van der Waals surface area contributed by atoms with Crippen molar-refractivity contribution in [1.82, 2.24) is 5.43 Å². The van der Waals surface area contributed by atoms with E-state index in [2.05, 4.69) is 5.43 Å². The number of aromatic carboxylic acids is 1. The molecule has 1 aliphatic rings. The van der Waals surface area contributed by atoms with Gasteiger partial charge in [0.25, 0.3) is 11.8 Å². The van der Waals surface area contributed by atoms with E-state index in [0.717, 1.165) is 5.01 Å². The zero-order chi connectivity index (χ0) is 20.5. The third-order valence-corrected chi connectivity index (χ3v) is 4.52. The molecule has 0 spiro atoms. The van der Waals surface area contributed by atoms with Gasteiger partial charge in [0.2, 0.25) is 0 Å². The average Bonchev–Trinajstić information content (AvgIpc) is 3.29. The van der Waals surface area contributed by atoms with E-state index in [0.29, 0.717) is 22.0 Å². The van der Waals surface area contributed by atoms with Crippen molar-refractivity contribution in [3.63, 3.8) is 0 Å². The van der Waals surface area contributed by atoms with E-state index < -0.39 is 17.8 Å². The van der Waals surface area contributed by atoms with Gasteiger partial charge in [0.1, 0.15) is 17.1 Å². The van der Waals surface area contributed by atoms with Gasteiger partial charge in [0.05, 0.1) is 11.7 Å². The van der Waals surface area contributed by atoms with Gasteiger partial charge in [-0.1, -0.05) is 29.8 Å². The Kier molecular flexibility index (Phi) is 4.66. The summed E-state index contributed by atoms with van der Waals surface area (Å²) in [6, 6.07) is 15.7. The molecule has 1 fully saturated rings. The Bertz CT molecular complexity index is 1160. The van der Waals surface area contributed by atoms with Gasteiger partial charge in [-0.3, -0.25) is 15.0 Å². The van der Waals surface area contributed by atoms with Crippen molar-refractivity contribution >= 4 is 41.1 Å². The monoisotopic (exact) mass is 407 g/mol. The molecule has 2 amide bonds. The maximum Gasteiger partial charge on any atom is 0.282 e. The van der Waals surface area contributed by atoms with Crippen LogP contribution in [0.15, 0.2) is 70.7 Å². The zero-order valence-electron chi connectivity index (χ0n) is 14.7. The van der Waals surface area contributed by atoms with Crippen LogP contribution in [0.25, 0.3) is 17.4 Å². The lowest BCUT2D eigenvalue weighted by atomic mass is 10.1. The van der Waals surface area contributed by atoms with E-state index in [1.165, 1.54) is 18.2 Å². The number of carbonyl (C=O) groups excluding carboxylic acids is 3. The molecule has 0 radical (unpaired) electrons. The number of carboxylic acid groups (broad SMARTS) is 1. The lowest BCUT2D eigenvalue weighted by molar-refractivity contribution is -0.255. The molecule has 0 bridgehead atoms. The van der Waals surface area contributed by atoms with Crippen LogP contribution in [0.1, 0.15) is 16.1 Å². The number of rotatable bonds is 4. The molecular weight excluding hydrogens is 396 g/mol. The smallest absolute Gasteiger partial charge is 0.282 e. The van der Waals surface area contributed by atoms with Gasteiger partial charge < -0.3 is 14.3 Å². The second-order valence-electron chi connectivity index (χ2n) is 6.19. The van der Waals surface area contributed by atoms with Gasteiger partial charge in [-0.15, -0.1) is 0 Å². The third kappa shape index (κ3) is 3.63. The fraction of sp³-hybridized carbons (Fsp3) is 0. The Hall–Kier alpha value is -3.84. The minimum atomic E-state index is -1.30. The number of nitrogens with zero attached hydrogens (tertiary/aromatic N) is 1. The maximum absolute atomic E-state index is 12.6. The zero-order valence-corrected chi connectivity index (χ0v) is 15.5. The molecule has 0 aliphatic carbocycles. The number of hydrogen-bond acceptors (Lipinski definition) is 5. The molecule has 29 heavy (non-hydrogen) atoms. The van der Waals surface area contributed by atoms with E-state index in [1.54, 1.807) is 48.5 Å². The minimum Gasteiger partial charge on any atom is -0.545 e. The standard InChI is InChI=1S/C21H13ClN2O5/c22-14-4-6-15(7-5-14)24-20(26)17(19(25)23-24)11-16-8-9-18(29-16)12-2-1-3-13(10-12)21(27)28/h1-11H,(H,23,25)(H,27,28)/p-1/b17-11-. The summed E-state index contributed by atoms with van der Waals surface area (Å²) in [5.41, 5.74) is 3.41. The highest BCUT2D eigenvalue weighted by molar-refractivity contribution is 6.32. The van der Waals surface area contributed by atoms with Crippen LogP contribution < -0.4 is 15.5 Å². The highest BCUT2D eigenvalue weighted by Gasteiger charge is 2.34. The Morgan fingerprint density at radius 1 is 1.07 bits per heavy atom. The first-order valence-electron chi connectivity index (χ1n) is 8.47. The van der Waals surface area contributed by atoms with Gasteiger partial charge in [-0.2, -0.15) is 0 Å². The van der Waals surface area contributed by atoms with Crippen molar-refractivity contribution in [2.45, 2.75) is 0 Å². The van der Waals surface area contributed by atoms with E-state index in [4.69, 9.17) is 16.0 Å². The Balaban J connectivity index is 1.61. The van der Waals surface area contributed by atoms with Gasteiger partial charge >= 0.3 is 0 Å². The highest BCUT2D eigenvalue weighted by Crippen LogP contribution is 2.26. The van der Waals surface area contributed by atoms with Crippen molar-refractivity contribution < 1.29 is 23.9 Å². The fourth-order valence-corrected chi connectivity index (χ4v) is 2.98. The van der Waals surface area contributed by atoms with Crippen LogP contribution in [0.4, 0.5) is 5.69 Å². The van der Waals surface area contributed by atoms with Crippen LogP contribution >= 0.6 is 11.6 Å². The Morgan fingerprint density at radius 2 is 1.83 bits per heavy atom. The van der Waals surface area contributed by atoms with Gasteiger partial charge in [-0.05, 0) is 54.1 Å². The summed E-state index contributed by atoms with van der Waals surface area (Å²) in [6.45, 7) is 0. The molecule has 1 aromatic heterocycles. The van der Waals surface area contributed by atoms with Gasteiger partial charge in [0.15, 0.2) is 0 Å². The summed E-state index contributed by atoms with van der Waals surface area (Å²) in [5, 5.41) is 12.6. The molecule has 7 nitrogen and oxygen atoms in total. The SMILES string of the molecule is O=C1NN(c2ccc(Cl)cc2)C(=O)/C1=C\c1ccc(-c2cccc(C(=O)[O-])c2)o1. The summed E-state index contributed by atoms with van der Waals surface area (Å²) in [4.78, 5) is 35.9. The Labute approximate surface area is 169 Å². The van der Waals surface area contributed by atoms with Gasteiger partial charge in [-0.25, -0.2) is 5.01 Å². The van der Waals surface area contributed by atoms with Crippen molar-refractivity contribution in [2.75, 3.05) is 5.01 Å². The van der Waals surface area contributed by atoms with Crippen molar-refractivity contribution in [1.29, 1.82) is 0 Å². The predicted molar refractivity (Wildman–Crippen MR) is 104 cm³/mol. The van der Waals surface area contributed by atoms with E-state index >= 15 is 0 Å². The van der Waals surface area contributed by atoms with E-state index in [9.17, 15) is 19.5 Å². The molecule has 1 N–H and O–H groups in total. The van der Waals surface area contributed by atoms with E-state index in [1.807, 2.05) is 0 Å². The second kappa shape index (κ2) is 7.29. The summed E-state index contributed by atoms with van der Waals surface area (Å²) in [5.74, 6) is -1.73. The van der Waals surface area contributed by atoms with Crippen LogP contribution in [-0.2, 0) is 9.59 Å². The molecule has 144 valence electrons. The number of amides is 2. The van der Waals surface area contributed by atoms with Crippen LogP contribution in [0.3, 0.4) is 0 Å². The number of benzene rings is 2. The number of halogens is 1. The molecule has 0 atom stereocenters. The molecule has 2 heterocycles. The number of furan rings is 1. The molecule has 2 aromatic carbocycles. The molecule has 1 saturated heterocycles. The summed E-state index contributed by atoms with van der Waals surface area (Å²) in [6.07, 6.45) is 1.33. The summed E-state index contributed by atoms with van der Waals surface area (Å²) in [7, 11) is 0. The molecule has 3 aromatic rings. The first-order chi connectivity index (χ1) is 13.9. The molecule has 4 rings (SSSR count). The predicted octanol–water partition coefficient (Wildman–Crippen LogP) is 2.42. The lowest BCUT2D eigenvalue weighted by Crippen LogP contribution is -2.35. The van der Waals surface area contributed by atoms with Crippen LogP contribution in [0, 0.1) is 0 Å². The number of hydrogen-bond donors (Lipinski definition) is 1. The maximum atomic E-state index is 12.6. The van der Waals surface area contributed by atoms with Crippen molar-refractivity contribution in [3.8, 4) is 11.3 Å². The first-order valence-corrected chi connectivity index (χ1v) is 8.84. The number of hydrazine groups is 1. The largest absolute Gasteiger partial charge is 0.545 e. The number of anilines is 1. The normalized spacial score (nSPS) is 15.1. The first kappa shape index (κ1) is 18.5. The average molecular weight is 408 g/mol. The molecule has 1 aliphatic heterocycles. The van der Waals surface area contributed by atoms with E-state index in [-0.39, 0.29) is 16.9 Å². The minimum absolute atomic E-state index is 0.0164. The number of carboxylic acids is 1. The number of carbonyl (C=O) groups is 3.